The Morgan fingerprint density at radius 2 is 1.62 bits per heavy atom. The Morgan fingerprint density at radius 1 is 0.966 bits per heavy atom. The van der Waals surface area contributed by atoms with Gasteiger partial charge in [-0.1, -0.05) is 60.7 Å². The summed E-state index contributed by atoms with van der Waals surface area (Å²) in [6.45, 7) is 5.38. The minimum absolute atomic E-state index is 0.0694. The van der Waals surface area contributed by atoms with Gasteiger partial charge in [0.05, 0.1) is 0 Å². The predicted octanol–water partition coefficient (Wildman–Crippen LogP) is 4.57. The van der Waals surface area contributed by atoms with Crippen LogP contribution in [0.25, 0.3) is 0 Å². The smallest absolute Gasteiger partial charge is 0.273 e. The van der Waals surface area contributed by atoms with E-state index in [2.05, 4.69) is 39.6 Å². The van der Waals surface area contributed by atoms with Crippen molar-refractivity contribution < 1.29 is 4.79 Å². The first-order valence-electron chi connectivity index (χ1n) is 10.1. The van der Waals surface area contributed by atoms with Gasteiger partial charge in [-0.05, 0) is 37.8 Å². The maximum Gasteiger partial charge on any atom is 0.273 e. The Bertz CT molecular complexity index is 897. The van der Waals surface area contributed by atoms with E-state index in [1.54, 1.807) is 6.07 Å². The van der Waals surface area contributed by atoms with Crippen LogP contribution in [-0.2, 0) is 13.0 Å². The Kier molecular flexibility index (Phi) is 7.34. The first kappa shape index (κ1) is 20.5. The molecule has 0 aliphatic rings. The maximum absolute atomic E-state index is 13.1. The van der Waals surface area contributed by atoms with Crippen molar-refractivity contribution in [1.82, 2.24) is 14.9 Å². The SMILES string of the molecule is CC(C)N(Cc1ccccc1)C(=O)c1cc(NCCCc2ccccc2)ncn1. The molecule has 3 aromatic rings. The number of amides is 1. The first-order valence-corrected chi connectivity index (χ1v) is 10.1. The van der Waals surface area contributed by atoms with Gasteiger partial charge in [0, 0.05) is 25.2 Å². The quantitative estimate of drug-likeness (QED) is 0.546. The minimum Gasteiger partial charge on any atom is -0.370 e. The third-order valence-electron chi connectivity index (χ3n) is 4.76. The Labute approximate surface area is 172 Å². The van der Waals surface area contributed by atoms with E-state index in [0.717, 1.165) is 24.9 Å². The number of hydrogen-bond acceptors (Lipinski definition) is 4. The highest BCUT2D eigenvalue weighted by molar-refractivity contribution is 5.93. The lowest BCUT2D eigenvalue weighted by molar-refractivity contribution is 0.0684. The van der Waals surface area contributed by atoms with Crippen LogP contribution >= 0.6 is 0 Å². The second-order valence-corrected chi connectivity index (χ2v) is 7.32. The molecule has 5 heteroatoms. The molecule has 1 heterocycles. The van der Waals surface area contributed by atoms with E-state index >= 15 is 0 Å². The zero-order valence-corrected chi connectivity index (χ0v) is 17.1. The number of nitrogens with one attached hydrogen (secondary N) is 1. The number of aromatic nitrogens is 2. The third kappa shape index (κ3) is 6.14. The molecule has 0 atom stereocenters. The molecule has 29 heavy (non-hydrogen) atoms. The molecule has 0 spiro atoms. The fraction of sp³-hybridized carbons (Fsp3) is 0.292. The van der Waals surface area contributed by atoms with E-state index in [4.69, 9.17) is 0 Å². The molecule has 5 nitrogen and oxygen atoms in total. The van der Waals surface area contributed by atoms with Gasteiger partial charge < -0.3 is 10.2 Å². The highest BCUT2D eigenvalue weighted by Gasteiger charge is 2.20. The number of aryl methyl sites for hydroxylation is 1. The average Bonchev–Trinajstić information content (AvgIpc) is 2.76. The molecule has 1 N–H and O–H groups in total. The van der Waals surface area contributed by atoms with Crippen LogP contribution in [0.5, 0.6) is 0 Å². The van der Waals surface area contributed by atoms with Crippen LogP contribution in [0, 0.1) is 0 Å². The Hall–Kier alpha value is -3.21. The lowest BCUT2D eigenvalue weighted by Gasteiger charge is -2.26. The average molecular weight is 389 g/mol. The molecule has 0 aliphatic heterocycles. The Balaban J connectivity index is 1.60. The fourth-order valence-corrected chi connectivity index (χ4v) is 3.14. The van der Waals surface area contributed by atoms with Crippen LogP contribution in [0.2, 0.25) is 0 Å². The second-order valence-electron chi connectivity index (χ2n) is 7.32. The number of anilines is 1. The van der Waals surface area contributed by atoms with Gasteiger partial charge in [-0.3, -0.25) is 4.79 Å². The minimum atomic E-state index is -0.0846. The molecule has 1 amide bonds. The first-order chi connectivity index (χ1) is 14.1. The van der Waals surface area contributed by atoms with Gasteiger partial charge in [0.25, 0.3) is 5.91 Å². The molecule has 3 rings (SSSR count). The molecule has 0 saturated heterocycles. The van der Waals surface area contributed by atoms with Crippen LogP contribution < -0.4 is 5.32 Å². The molecule has 0 aliphatic carbocycles. The van der Waals surface area contributed by atoms with Crippen molar-refractivity contribution in [3.63, 3.8) is 0 Å². The van der Waals surface area contributed by atoms with E-state index in [1.165, 1.54) is 11.9 Å². The monoisotopic (exact) mass is 388 g/mol. The molecule has 0 saturated carbocycles. The van der Waals surface area contributed by atoms with Crippen LogP contribution in [-0.4, -0.2) is 33.4 Å². The summed E-state index contributed by atoms with van der Waals surface area (Å²) < 4.78 is 0. The third-order valence-corrected chi connectivity index (χ3v) is 4.76. The number of carbonyl (C=O) groups excluding carboxylic acids is 1. The summed E-state index contributed by atoms with van der Waals surface area (Å²) in [5, 5.41) is 3.31. The van der Waals surface area contributed by atoms with Crippen LogP contribution in [0.1, 0.15) is 41.9 Å². The van der Waals surface area contributed by atoms with Crippen molar-refractivity contribution in [2.45, 2.75) is 39.3 Å². The van der Waals surface area contributed by atoms with Crippen molar-refractivity contribution in [3.05, 3.63) is 89.9 Å². The van der Waals surface area contributed by atoms with Gasteiger partial charge in [-0.2, -0.15) is 0 Å². The number of benzene rings is 2. The van der Waals surface area contributed by atoms with Crippen LogP contribution in [0.4, 0.5) is 5.82 Å². The molecule has 2 aromatic carbocycles. The summed E-state index contributed by atoms with van der Waals surface area (Å²) in [5.74, 6) is 0.596. The predicted molar refractivity (Wildman–Crippen MR) is 117 cm³/mol. The fourth-order valence-electron chi connectivity index (χ4n) is 3.14. The van der Waals surface area contributed by atoms with E-state index in [9.17, 15) is 4.79 Å². The van der Waals surface area contributed by atoms with E-state index in [0.29, 0.717) is 18.1 Å². The zero-order chi connectivity index (χ0) is 20.5. The summed E-state index contributed by atoms with van der Waals surface area (Å²) >= 11 is 0. The topological polar surface area (TPSA) is 58.1 Å². The standard InChI is InChI=1S/C24H28N4O/c1-19(2)28(17-21-12-7-4-8-13-21)24(29)22-16-23(27-18-26-22)25-15-9-14-20-10-5-3-6-11-20/h3-8,10-13,16,18-19H,9,14-15,17H2,1-2H3,(H,25,26,27). The lowest BCUT2D eigenvalue weighted by atomic mass is 10.1. The number of carbonyl (C=O) groups is 1. The number of rotatable bonds is 9. The van der Waals surface area contributed by atoms with Gasteiger partial charge in [0.2, 0.25) is 0 Å². The largest absolute Gasteiger partial charge is 0.370 e. The second kappa shape index (κ2) is 10.4. The van der Waals surface area contributed by atoms with Crippen LogP contribution in [0.15, 0.2) is 73.1 Å². The maximum atomic E-state index is 13.1. The van der Waals surface area contributed by atoms with Crippen molar-refractivity contribution in [2.75, 3.05) is 11.9 Å². The zero-order valence-electron chi connectivity index (χ0n) is 17.1. The number of hydrogen-bond donors (Lipinski definition) is 1. The highest BCUT2D eigenvalue weighted by atomic mass is 16.2. The summed E-state index contributed by atoms with van der Waals surface area (Å²) in [6, 6.07) is 22.2. The van der Waals surface area contributed by atoms with Gasteiger partial charge >= 0.3 is 0 Å². The van der Waals surface area contributed by atoms with Gasteiger partial charge in [0.15, 0.2) is 0 Å². The molecule has 0 unspecified atom stereocenters. The van der Waals surface area contributed by atoms with Crippen molar-refractivity contribution in [2.24, 2.45) is 0 Å². The number of nitrogens with zero attached hydrogens (tertiary/aromatic N) is 3. The van der Waals surface area contributed by atoms with E-state index in [-0.39, 0.29) is 11.9 Å². The van der Waals surface area contributed by atoms with Crippen molar-refractivity contribution >= 4 is 11.7 Å². The molecular weight excluding hydrogens is 360 g/mol. The van der Waals surface area contributed by atoms with Gasteiger partial charge in [-0.15, -0.1) is 0 Å². The summed E-state index contributed by atoms with van der Waals surface area (Å²) in [7, 11) is 0. The summed E-state index contributed by atoms with van der Waals surface area (Å²) in [5.41, 5.74) is 2.83. The van der Waals surface area contributed by atoms with E-state index < -0.39 is 0 Å². The molecule has 1 aromatic heterocycles. The normalized spacial score (nSPS) is 10.7. The van der Waals surface area contributed by atoms with Crippen molar-refractivity contribution in [1.29, 1.82) is 0 Å². The summed E-state index contributed by atoms with van der Waals surface area (Å²) in [6.07, 6.45) is 3.44. The summed E-state index contributed by atoms with van der Waals surface area (Å²) in [4.78, 5) is 23.4. The van der Waals surface area contributed by atoms with Crippen molar-refractivity contribution in [3.8, 4) is 0 Å². The van der Waals surface area contributed by atoms with Crippen LogP contribution in [0.3, 0.4) is 0 Å². The molecule has 0 radical (unpaired) electrons. The molecule has 0 bridgehead atoms. The van der Waals surface area contributed by atoms with Gasteiger partial charge in [0.1, 0.15) is 17.8 Å². The highest BCUT2D eigenvalue weighted by Crippen LogP contribution is 2.14. The molecule has 0 fully saturated rings. The lowest BCUT2D eigenvalue weighted by Crippen LogP contribution is -2.37. The van der Waals surface area contributed by atoms with Gasteiger partial charge in [-0.25, -0.2) is 9.97 Å². The molecular formula is C24H28N4O. The Morgan fingerprint density at radius 3 is 2.28 bits per heavy atom. The van der Waals surface area contributed by atoms with E-state index in [1.807, 2.05) is 55.1 Å². The molecule has 150 valence electrons.